The number of nitrogens with zero attached hydrogens (tertiary/aromatic N) is 1. The van der Waals surface area contributed by atoms with Crippen molar-refractivity contribution >= 4 is 28.9 Å². The second-order valence-electron chi connectivity index (χ2n) is 9.50. The molecular weight excluding hydrogens is 487 g/mol. The number of benzene rings is 2. The first-order chi connectivity index (χ1) is 17.5. The molecule has 2 aromatic carbocycles. The highest BCUT2D eigenvalue weighted by Crippen LogP contribution is 2.45. The van der Waals surface area contributed by atoms with Crippen LogP contribution in [0.2, 0.25) is 0 Å². The van der Waals surface area contributed by atoms with Gasteiger partial charge in [0, 0.05) is 36.0 Å². The zero-order valence-corrected chi connectivity index (χ0v) is 20.9. The average Bonchev–Trinajstić information content (AvgIpc) is 2.86. The standard InChI is InChI=1S/C27H30F3N3O4/c1-4-26(5-2)13-18(21-9-7-19(27(28,29)30)11-23(21)37-26)10-24(35)31-20-8-6-17-14-33(16(3)15-34)25(36)32-22(17)12-20/h6-12,16,34H,4-5,13-15H2,1-3H3,(H,31,35)(H,32,36)/b18-10+/t16-/m1/s1. The fourth-order valence-electron chi connectivity index (χ4n) is 4.68. The molecule has 0 aliphatic carbocycles. The number of ether oxygens (including phenoxy) is 1. The van der Waals surface area contributed by atoms with Crippen LogP contribution >= 0.6 is 0 Å². The number of anilines is 2. The fourth-order valence-corrected chi connectivity index (χ4v) is 4.68. The van der Waals surface area contributed by atoms with Gasteiger partial charge in [0.15, 0.2) is 0 Å². The van der Waals surface area contributed by atoms with Crippen molar-refractivity contribution in [1.82, 2.24) is 4.90 Å². The van der Waals surface area contributed by atoms with Gasteiger partial charge in [0.2, 0.25) is 5.91 Å². The van der Waals surface area contributed by atoms with Gasteiger partial charge in [0.1, 0.15) is 11.4 Å². The highest BCUT2D eigenvalue weighted by Gasteiger charge is 2.38. The van der Waals surface area contributed by atoms with E-state index in [1.807, 2.05) is 13.8 Å². The third kappa shape index (κ3) is 5.44. The van der Waals surface area contributed by atoms with Crippen molar-refractivity contribution in [2.45, 2.75) is 64.4 Å². The molecule has 4 rings (SSSR count). The second-order valence-corrected chi connectivity index (χ2v) is 9.50. The number of amides is 3. The van der Waals surface area contributed by atoms with E-state index in [0.717, 1.165) is 17.7 Å². The monoisotopic (exact) mass is 517 g/mol. The molecule has 3 N–H and O–H groups in total. The minimum Gasteiger partial charge on any atom is -0.486 e. The normalized spacial score (nSPS) is 18.4. The number of carbonyl (C=O) groups excluding carboxylic acids is 2. The van der Waals surface area contributed by atoms with Gasteiger partial charge in [-0.05, 0) is 55.2 Å². The summed E-state index contributed by atoms with van der Waals surface area (Å²) < 4.78 is 46.0. The molecule has 0 spiro atoms. The molecule has 0 saturated carbocycles. The van der Waals surface area contributed by atoms with Crippen LogP contribution in [0.4, 0.5) is 29.3 Å². The van der Waals surface area contributed by atoms with Crippen molar-refractivity contribution in [3.05, 3.63) is 59.2 Å². The van der Waals surface area contributed by atoms with Crippen molar-refractivity contribution < 1.29 is 32.6 Å². The van der Waals surface area contributed by atoms with Crippen molar-refractivity contribution in [2.24, 2.45) is 0 Å². The molecule has 0 bridgehead atoms. The lowest BCUT2D eigenvalue weighted by Crippen LogP contribution is -2.45. The van der Waals surface area contributed by atoms with E-state index in [0.29, 0.717) is 48.3 Å². The van der Waals surface area contributed by atoms with Crippen molar-refractivity contribution in [3.63, 3.8) is 0 Å². The first-order valence-corrected chi connectivity index (χ1v) is 12.2. The fraction of sp³-hybridized carbons (Fsp3) is 0.407. The summed E-state index contributed by atoms with van der Waals surface area (Å²) in [6.07, 6.45) is -1.60. The molecule has 0 saturated heterocycles. The van der Waals surface area contributed by atoms with Gasteiger partial charge in [0.25, 0.3) is 0 Å². The number of hydrogen-bond acceptors (Lipinski definition) is 4. The van der Waals surface area contributed by atoms with Crippen LogP contribution < -0.4 is 15.4 Å². The molecule has 0 fully saturated rings. The summed E-state index contributed by atoms with van der Waals surface area (Å²) in [4.78, 5) is 26.9. The maximum absolute atomic E-state index is 13.3. The average molecular weight is 518 g/mol. The number of aliphatic hydroxyl groups excluding tert-OH is 1. The number of carbonyl (C=O) groups is 2. The molecule has 10 heteroatoms. The molecule has 37 heavy (non-hydrogen) atoms. The first kappa shape index (κ1) is 26.5. The van der Waals surface area contributed by atoms with Gasteiger partial charge in [-0.2, -0.15) is 13.2 Å². The number of nitrogens with one attached hydrogen (secondary N) is 2. The molecule has 2 aliphatic heterocycles. The molecule has 1 atom stereocenters. The Morgan fingerprint density at radius 2 is 1.97 bits per heavy atom. The Morgan fingerprint density at radius 3 is 2.62 bits per heavy atom. The number of halogens is 3. The summed E-state index contributed by atoms with van der Waals surface area (Å²) in [5.74, 6) is -0.330. The van der Waals surface area contributed by atoms with Crippen LogP contribution in [0.15, 0.2) is 42.5 Å². The Hall–Kier alpha value is -3.53. The van der Waals surface area contributed by atoms with Crippen LogP contribution in [0.1, 0.15) is 56.7 Å². The van der Waals surface area contributed by atoms with Gasteiger partial charge in [-0.25, -0.2) is 4.79 Å². The van der Waals surface area contributed by atoms with Crippen LogP contribution in [0.5, 0.6) is 5.75 Å². The quantitative estimate of drug-likeness (QED) is 0.423. The summed E-state index contributed by atoms with van der Waals surface area (Å²) in [6.45, 7) is 5.73. The smallest absolute Gasteiger partial charge is 0.416 e. The molecular formula is C27H30F3N3O4. The molecule has 0 unspecified atom stereocenters. The summed E-state index contributed by atoms with van der Waals surface area (Å²) in [5, 5.41) is 14.9. The molecule has 2 aromatic rings. The summed E-state index contributed by atoms with van der Waals surface area (Å²) in [7, 11) is 0. The van der Waals surface area contributed by atoms with Gasteiger partial charge in [-0.1, -0.05) is 26.0 Å². The van der Waals surface area contributed by atoms with E-state index in [1.165, 1.54) is 17.0 Å². The Balaban J connectivity index is 1.59. The zero-order valence-electron chi connectivity index (χ0n) is 20.9. The maximum Gasteiger partial charge on any atom is 0.416 e. The molecule has 2 heterocycles. The summed E-state index contributed by atoms with van der Waals surface area (Å²) >= 11 is 0. The highest BCUT2D eigenvalue weighted by molar-refractivity contribution is 6.05. The van der Waals surface area contributed by atoms with Crippen LogP contribution in [-0.4, -0.2) is 40.2 Å². The van der Waals surface area contributed by atoms with Crippen LogP contribution in [0.25, 0.3) is 5.57 Å². The number of alkyl halides is 3. The van der Waals surface area contributed by atoms with Crippen LogP contribution in [0.3, 0.4) is 0 Å². The molecule has 198 valence electrons. The van der Waals surface area contributed by atoms with Crippen molar-refractivity contribution in [1.29, 1.82) is 0 Å². The number of urea groups is 1. The van der Waals surface area contributed by atoms with Gasteiger partial charge in [0.05, 0.1) is 18.2 Å². The van der Waals surface area contributed by atoms with E-state index >= 15 is 0 Å². The first-order valence-electron chi connectivity index (χ1n) is 12.2. The van der Waals surface area contributed by atoms with Gasteiger partial charge < -0.3 is 25.4 Å². The largest absolute Gasteiger partial charge is 0.486 e. The van der Waals surface area contributed by atoms with E-state index < -0.39 is 23.2 Å². The number of aliphatic hydroxyl groups is 1. The van der Waals surface area contributed by atoms with E-state index in [-0.39, 0.29) is 24.4 Å². The second kappa shape index (κ2) is 10.1. The molecule has 3 amide bonds. The number of hydrogen-bond donors (Lipinski definition) is 3. The minimum atomic E-state index is -4.51. The zero-order chi connectivity index (χ0) is 27.0. The molecule has 0 aromatic heterocycles. The Kier molecular flexibility index (Phi) is 7.23. The molecule has 2 aliphatic rings. The third-order valence-electron chi connectivity index (χ3n) is 7.10. The van der Waals surface area contributed by atoms with E-state index in [2.05, 4.69) is 10.6 Å². The van der Waals surface area contributed by atoms with Gasteiger partial charge in [-0.15, -0.1) is 0 Å². The number of rotatable bonds is 6. The highest BCUT2D eigenvalue weighted by atomic mass is 19.4. The Labute approximate surface area is 213 Å². The van der Waals surface area contributed by atoms with Crippen molar-refractivity contribution in [3.8, 4) is 5.75 Å². The maximum atomic E-state index is 13.3. The van der Waals surface area contributed by atoms with Gasteiger partial charge >= 0.3 is 12.2 Å². The van der Waals surface area contributed by atoms with Crippen LogP contribution in [0, 0.1) is 0 Å². The lowest BCUT2D eigenvalue weighted by molar-refractivity contribution is -0.137. The third-order valence-corrected chi connectivity index (χ3v) is 7.10. The summed E-state index contributed by atoms with van der Waals surface area (Å²) in [5.41, 5.74) is 1.39. The lowest BCUT2D eigenvalue weighted by Gasteiger charge is -2.39. The molecule has 0 radical (unpaired) electrons. The Morgan fingerprint density at radius 1 is 1.24 bits per heavy atom. The number of fused-ring (bicyclic) bond motifs is 2. The predicted octanol–water partition coefficient (Wildman–Crippen LogP) is 5.80. The predicted molar refractivity (Wildman–Crippen MR) is 134 cm³/mol. The lowest BCUT2D eigenvalue weighted by atomic mass is 9.83. The van der Waals surface area contributed by atoms with E-state index in [4.69, 9.17) is 4.74 Å². The van der Waals surface area contributed by atoms with E-state index in [1.54, 1.807) is 25.1 Å². The summed E-state index contributed by atoms with van der Waals surface area (Å²) in [6, 6.07) is 7.81. The van der Waals surface area contributed by atoms with Crippen LogP contribution in [-0.2, 0) is 17.5 Å². The Bertz CT molecular complexity index is 1240. The topological polar surface area (TPSA) is 90.9 Å². The van der Waals surface area contributed by atoms with Gasteiger partial charge in [-0.3, -0.25) is 4.79 Å². The van der Waals surface area contributed by atoms with Crippen molar-refractivity contribution in [2.75, 3.05) is 17.2 Å². The minimum absolute atomic E-state index is 0.113. The molecule has 7 nitrogen and oxygen atoms in total. The van der Waals surface area contributed by atoms with E-state index in [9.17, 15) is 27.9 Å². The SMILES string of the molecule is CCC1(CC)C/C(=C\C(=O)Nc2ccc3c(c2)NC(=O)N([C@H](C)CO)C3)c2ccc(C(F)(F)F)cc2O1.